The van der Waals surface area contributed by atoms with Crippen molar-refractivity contribution in [2.75, 3.05) is 17.6 Å². The van der Waals surface area contributed by atoms with Gasteiger partial charge in [0.1, 0.15) is 28.7 Å². The van der Waals surface area contributed by atoms with Crippen LogP contribution in [0.15, 0.2) is 55.0 Å². The Labute approximate surface area is 212 Å². The van der Waals surface area contributed by atoms with E-state index in [9.17, 15) is 9.59 Å². The van der Waals surface area contributed by atoms with Crippen LogP contribution in [0.5, 0.6) is 0 Å². The van der Waals surface area contributed by atoms with Crippen molar-refractivity contribution in [2.24, 2.45) is 0 Å². The number of anilines is 2. The Morgan fingerprint density at radius 3 is 2.73 bits per heavy atom. The molecule has 1 atom stereocenters. The Morgan fingerprint density at radius 1 is 1.16 bits per heavy atom. The number of nitrogens with one attached hydrogen (secondary N) is 1. The van der Waals surface area contributed by atoms with E-state index in [1.54, 1.807) is 54.5 Å². The largest absolute Gasteiger partial charge is 0.382 e. The first-order chi connectivity index (χ1) is 18.0. The van der Waals surface area contributed by atoms with E-state index in [1.165, 1.54) is 12.3 Å². The Morgan fingerprint density at radius 2 is 1.97 bits per heavy atom. The number of nitrogen functional groups attached to an aromatic ring is 1. The number of nitrogens with zero attached hydrogens (tertiary/aromatic N) is 6. The first kappa shape index (κ1) is 23.5. The summed E-state index contributed by atoms with van der Waals surface area (Å²) in [5.74, 6) is 6.02. The molecular weight excluding hydrogens is 468 g/mol. The fourth-order valence-electron chi connectivity index (χ4n) is 4.52. The number of fused-ring (bicyclic) bond motifs is 1. The number of hydrogen-bond donors (Lipinski definition) is 2. The van der Waals surface area contributed by atoms with Gasteiger partial charge in [-0.05, 0) is 50.0 Å². The van der Waals surface area contributed by atoms with Gasteiger partial charge in [-0.1, -0.05) is 18.1 Å². The van der Waals surface area contributed by atoms with Crippen LogP contribution in [0.25, 0.3) is 16.8 Å². The Hall–Kier alpha value is -5.22. The zero-order chi connectivity index (χ0) is 25.9. The molecule has 1 aliphatic rings. The number of pyridine rings is 1. The molecule has 0 radical (unpaired) electrons. The van der Waals surface area contributed by atoms with Gasteiger partial charge in [0, 0.05) is 36.3 Å². The third kappa shape index (κ3) is 4.44. The van der Waals surface area contributed by atoms with Crippen molar-refractivity contribution in [3.63, 3.8) is 0 Å². The molecule has 0 bridgehead atoms. The van der Waals surface area contributed by atoms with Crippen LogP contribution in [-0.4, -0.2) is 42.6 Å². The molecule has 3 aromatic heterocycles. The van der Waals surface area contributed by atoms with Gasteiger partial charge in [0.25, 0.3) is 11.8 Å². The van der Waals surface area contributed by atoms with Crippen LogP contribution in [0.2, 0.25) is 0 Å². The maximum Gasteiger partial charge on any atom is 0.299 e. The molecule has 0 saturated carbocycles. The van der Waals surface area contributed by atoms with E-state index in [-0.39, 0.29) is 17.9 Å². The van der Waals surface area contributed by atoms with Gasteiger partial charge in [0.05, 0.1) is 17.7 Å². The molecule has 10 nitrogen and oxygen atoms in total. The van der Waals surface area contributed by atoms with Gasteiger partial charge >= 0.3 is 0 Å². The number of amides is 2. The molecule has 4 heterocycles. The average molecular weight is 491 g/mol. The first-order valence-electron chi connectivity index (χ1n) is 11.6. The highest BCUT2D eigenvalue weighted by molar-refractivity contribution is 6.04. The van der Waals surface area contributed by atoms with Gasteiger partial charge in [-0.25, -0.2) is 15.0 Å². The van der Waals surface area contributed by atoms with Gasteiger partial charge in [0.15, 0.2) is 0 Å². The smallest absolute Gasteiger partial charge is 0.299 e. The maximum absolute atomic E-state index is 12.7. The topological polar surface area (TPSA) is 142 Å². The van der Waals surface area contributed by atoms with Gasteiger partial charge in [-0.15, -0.1) is 0 Å². The number of rotatable bonds is 4. The molecular formula is C27H22N8O2. The third-order valence-electron chi connectivity index (χ3n) is 6.21. The van der Waals surface area contributed by atoms with Crippen LogP contribution in [0.3, 0.4) is 0 Å². The number of nitrogens with two attached hydrogens (primary N) is 1. The number of carbonyl (C=O) groups excluding carboxylic acids is 2. The second-order valence-electron chi connectivity index (χ2n) is 8.45. The van der Waals surface area contributed by atoms with Gasteiger partial charge < -0.3 is 16.0 Å². The third-order valence-corrected chi connectivity index (χ3v) is 6.21. The maximum atomic E-state index is 12.7. The minimum Gasteiger partial charge on any atom is -0.382 e. The minimum absolute atomic E-state index is 0.226. The van der Waals surface area contributed by atoms with E-state index >= 15 is 0 Å². The fourth-order valence-corrected chi connectivity index (χ4v) is 4.52. The lowest BCUT2D eigenvalue weighted by Gasteiger charge is -2.21. The summed E-state index contributed by atoms with van der Waals surface area (Å²) in [6, 6.07) is 11.8. The normalized spacial score (nSPS) is 14.6. The predicted octanol–water partition coefficient (Wildman–Crippen LogP) is 3.18. The van der Waals surface area contributed by atoms with Crippen molar-refractivity contribution in [3.8, 4) is 29.2 Å². The average Bonchev–Trinajstić information content (AvgIpc) is 3.55. The number of hydrogen-bond acceptors (Lipinski definition) is 7. The molecule has 0 aliphatic carbocycles. The monoisotopic (exact) mass is 490 g/mol. The van der Waals surface area contributed by atoms with Crippen molar-refractivity contribution in [3.05, 3.63) is 71.9 Å². The molecule has 37 heavy (non-hydrogen) atoms. The van der Waals surface area contributed by atoms with Crippen LogP contribution < -0.4 is 11.1 Å². The molecule has 1 fully saturated rings. The van der Waals surface area contributed by atoms with Gasteiger partial charge in [-0.2, -0.15) is 5.26 Å². The molecule has 1 saturated heterocycles. The van der Waals surface area contributed by atoms with E-state index in [1.807, 2.05) is 10.5 Å². The van der Waals surface area contributed by atoms with E-state index in [0.29, 0.717) is 46.3 Å². The second-order valence-corrected chi connectivity index (χ2v) is 8.45. The molecule has 10 heteroatoms. The van der Waals surface area contributed by atoms with Crippen molar-refractivity contribution < 1.29 is 9.59 Å². The van der Waals surface area contributed by atoms with E-state index in [2.05, 4.69) is 27.1 Å². The van der Waals surface area contributed by atoms with Gasteiger partial charge in [-0.3, -0.25) is 14.0 Å². The Kier molecular flexibility index (Phi) is 6.23. The molecule has 182 valence electrons. The number of imidazole rings is 1. The summed E-state index contributed by atoms with van der Waals surface area (Å²) in [5.41, 5.74) is 9.06. The molecule has 0 spiro atoms. The summed E-state index contributed by atoms with van der Waals surface area (Å²) in [6.07, 6.45) is 6.47. The zero-order valence-corrected chi connectivity index (χ0v) is 20.0. The molecule has 1 unspecified atom stereocenters. The lowest BCUT2D eigenvalue weighted by Crippen LogP contribution is -2.30. The first-order valence-corrected chi connectivity index (χ1v) is 11.6. The van der Waals surface area contributed by atoms with Crippen molar-refractivity contribution >= 4 is 29.0 Å². The number of benzene rings is 1. The molecule has 1 aliphatic heterocycles. The molecule has 4 aromatic rings. The van der Waals surface area contributed by atoms with E-state index < -0.39 is 0 Å². The summed E-state index contributed by atoms with van der Waals surface area (Å²) < 4.78 is 1.88. The lowest BCUT2D eigenvalue weighted by atomic mass is 10.1. The molecule has 2 amide bonds. The highest BCUT2D eigenvalue weighted by Crippen LogP contribution is 2.36. The minimum atomic E-state index is -0.358. The Balaban J connectivity index is 1.48. The van der Waals surface area contributed by atoms with Crippen LogP contribution in [0.1, 0.15) is 47.6 Å². The van der Waals surface area contributed by atoms with Crippen molar-refractivity contribution in [1.29, 1.82) is 5.26 Å². The summed E-state index contributed by atoms with van der Waals surface area (Å²) >= 11 is 0. The summed E-state index contributed by atoms with van der Waals surface area (Å²) in [6.45, 7) is 2.25. The highest BCUT2D eigenvalue weighted by Gasteiger charge is 2.33. The summed E-state index contributed by atoms with van der Waals surface area (Å²) in [4.78, 5) is 40.3. The van der Waals surface area contributed by atoms with Crippen LogP contribution in [-0.2, 0) is 4.79 Å². The van der Waals surface area contributed by atoms with Gasteiger partial charge in [0.2, 0.25) is 0 Å². The number of nitriles is 1. The van der Waals surface area contributed by atoms with Crippen molar-refractivity contribution in [1.82, 2.24) is 24.3 Å². The molecule has 5 rings (SSSR count). The molecule has 3 N–H and O–H groups in total. The fraction of sp³-hybridized carbons (Fsp3) is 0.185. The standard InChI is InChI=1S/C27H22N8O2/c1-2-4-22(36)34-13-3-5-20(34)26-33-23(24-25(29)31-12-14-35(24)26)18-6-8-19(9-7-18)27(37)32-21-15-17(16-28)10-11-30-21/h6-12,14-15,20H,3,5,13H2,1H3,(H2,29,31)(H,30,32,37). The van der Waals surface area contributed by atoms with E-state index in [4.69, 9.17) is 16.0 Å². The SMILES string of the molecule is CC#CC(=O)N1CCCC1c1nc(-c2ccc(C(=O)Nc3cc(C#N)ccn3)cc2)c2c(N)nccn12. The summed E-state index contributed by atoms with van der Waals surface area (Å²) in [5, 5.41) is 11.7. The Bertz CT molecular complexity index is 1620. The zero-order valence-electron chi connectivity index (χ0n) is 20.0. The van der Waals surface area contributed by atoms with Crippen LogP contribution >= 0.6 is 0 Å². The summed E-state index contributed by atoms with van der Waals surface area (Å²) in [7, 11) is 0. The quantitative estimate of drug-likeness (QED) is 0.418. The second kappa shape index (κ2) is 9.80. The van der Waals surface area contributed by atoms with Crippen molar-refractivity contribution in [2.45, 2.75) is 25.8 Å². The predicted molar refractivity (Wildman–Crippen MR) is 137 cm³/mol. The number of likely N-dealkylation sites (tertiary alicyclic amines) is 1. The van der Waals surface area contributed by atoms with E-state index in [0.717, 1.165) is 18.4 Å². The number of aromatic nitrogens is 4. The van der Waals surface area contributed by atoms with Crippen LogP contribution in [0.4, 0.5) is 11.6 Å². The number of carbonyl (C=O) groups is 2. The lowest BCUT2D eigenvalue weighted by molar-refractivity contribution is -0.126. The highest BCUT2D eigenvalue weighted by atomic mass is 16.2. The molecule has 1 aromatic carbocycles. The van der Waals surface area contributed by atoms with Crippen LogP contribution in [0, 0.1) is 23.2 Å².